The molecule has 6 heteroatoms. The van der Waals surface area contributed by atoms with Gasteiger partial charge in [-0.25, -0.2) is 4.98 Å². The monoisotopic (exact) mass is 422 g/mol. The van der Waals surface area contributed by atoms with Gasteiger partial charge < -0.3 is 4.98 Å². The molecule has 136 valence electrons. The fraction of sp³-hybridized carbons (Fsp3) is 0.190. The number of halogens is 1. The lowest BCUT2D eigenvalue weighted by atomic mass is 10.1. The summed E-state index contributed by atoms with van der Waals surface area (Å²) in [6.07, 6.45) is 3.32. The number of H-pyrrole nitrogens is 1. The molecule has 2 heterocycles. The van der Waals surface area contributed by atoms with E-state index < -0.39 is 0 Å². The first kappa shape index (κ1) is 17.7. The summed E-state index contributed by atoms with van der Waals surface area (Å²) in [7, 11) is 0. The third-order valence-electron chi connectivity index (χ3n) is 4.59. The minimum Gasteiger partial charge on any atom is -0.358 e. The number of aryl methyl sites for hydroxylation is 2. The molecular weight excluding hydrogens is 404 g/mol. The summed E-state index contributed by atoms with van der Waals surface area (Å²) in [4.78, 5) is 21.1. The summed E-state index contributed by atoms with van der Waals surface area (Å²) < 4.78 is 2.28. The van der Waals surface area contributed by atoms with Crippen LogP contribution in [-0.4, -0.2) is 20.9 Å². The van der Waals surface area contributed by atoms with Crippen molar-refractivity contribution in [3.05, 3.63) is 74.4 Å². The number of rotatable bonds is 4. The average molecular weight is 423 g/mol. The second kappa shape index (κ2) is 7.12. The van der Waals surface area contributed by atoms with E-state index in [4.69, 9.17) is 0 Å². The molecule has 0 unspecified atom stereocenters. The summed E-state index contributed by atoms with van der Waals surface area (Å²) >= 11 is 3.43. The Morgan fingerprint density at radius 2 is 2.04 bits per heavy atom. The van der Waals surface area contributed by atoms with Crippen LogP contribution >= 0.6 is 15.9 Å². The van der Waals surface area contributed by atoms with Crippen molar-refractivity contribution in [3.8, 4) is 0 Å². The first-order chi connectivity index (χ1) is 13.1. The zero-order valence-electron chi connectivity index (χ0n) is 15.2. The SMILES string of the molecule is CCCc1nc2ccc(Br)cc2c(=O)n1N=Cc1c(C)[nH]c2ccccc12. The summed E-state index contributed by atoms with van der Waals surface area (Å²) in [5.41, 5.74) is 3.59. The van der Waals surface area contributed by atoms with Gasteiger partial charge in [-0.15, -0.1) is 0 Å². The van der Waals surface area contributed by atoms with Crippen LogP contribution in [0.4, 0.5) is 0 Å². The van der Waals surface area contributed by atoms with Gasteiger partial charge in [-0.2, -0.15) is 9.78 Å². The van der Waals surface area contributed by atoms with E-state index in [2.05, 4.69) is 37.9 Å². The minimum absolute atomic E-state index is 0.154. The Hall–Kier alpha value is -2.73. The summed E-state index contributed by atoms with van der Waals surface area (Å²) in [5, 5.41) is 6.18. The van der Waals surface area contributed by atoms with Crippen LogP contribution in [0.5, 0.6) is 0 Å². The van der Waals surface area contributed by atoms with E-state index >= 15 is 0 Å². The van der Waals surface area contributed by atoms with Gasteiger partial charge >= 0.3 is 0 Å². The van der Waals surface area contributed by atoms with Gasteiger partial charge in [0.05, 0.1) is 17.1 Å². The summed E-state index contributed by atoms with van der Waals surface area (Å²) in [6.45, 7) is 4.07. The molecule has 4 rings (SSSR count). The molecule has 0 spiro atoms. The van der Waals surface area contributed by atoms with Gasteiger partial charge in [0.1, 0.15) is 5.82 Å². The molecule has 0 atom stereocenters. The van der Waals surface area contributed by atoms with Crippen LogP contribution in [0.3, 0.4) is 0 Å². The van der Waals surface area contributed by atoms with E-state index in [-0.39, 0.29) is 5.56 Å². The smallest absolute Gasteiger partial charge is 0.282 e. The van der Waals surface area contributed by atoms with E-state index in [1.165, 1.54) is 4.68 Å². The molecule has 0 saturated heterocycles. The minimum atomic E-state index is -0.154. The lowest BCUT2D eigenvalue weighted by Gasteiger charge is -2.08. The molecule has 0 aliphatic heterocycles. The average Bonchev–Trinajstić information content (AvgIpc) is 2.98. The number of aromatic amines is 1. The fourth-order valence-electron chi connectivity index (χ4n) is 3.28. The van der Waals surface area contributed by atoms with Crippen LogP contribution in [-0.2, 0) is 6.42 Å². The van der Waals surface area contributed by atoms with Gasteiger partial charge in [-0.3, -0.25) is 4.79 Å². The van der Waals surface area contributed by atoms with Crippen molar-refractivity contribution in [2.75, 3.05) is 0 Å². The molecule has 0 radical (unpaired) electrons. The van der Waals surface area contributed by atoms with Crippen LogP contribution < -0.4 is 5.56 Å². The van der Waals surface area contributed by atoms with Crippen molar-refractivity contribution in [1.82, 2.24) is 14.6 Å². The Labute approximate surface area is 164 Å². The highest BCUT2D eigenvalue weighted by Gasteiger charge is 2.11. The molecule has 0 aliphatic rings. The number of benzene rings is 2. The Kier molecular flexibility index (Phi) is 4.66. The largest absolute Gasteiger partial charge is 0.358 e. The summed E-state index contributed by atoms with van der Waals surface area (Å²) in [5.74, 6) is 0.672. The normalized spacial score (nSPS) is 11.8. The van der Waals surface area contributed by atoms with Crippen LogP contribution in [0.25, 0.3) is 21.8 Å². The van der Waals surface area contributed by atoms with Gasteiger partial charge in [0.15, 0.2) is 0 Å². The first-order valence-electron chi connectivity index (χ1n) is 8.91. The van der Waals surface area contributed by atoms with Crippen molar-refractivity contribution in [2.45, 2.75) is 26.7 Å². The standard InChI is InChI=1S/C21H19BrN4O/c1-3-6-20-25-19-10-9-14(22)11-16(19)21(27)26(20)23-12-17-13(2)24-18-8-5-4-7-15(17)18/h4-5,7-12,24H,3,6H2,1-2H3. The van der Waals surface area contributed by atoms with Crippen LogP contribution in [0.15, 0.2) is 56.8 Å². The van der Waals surface area contributed by atoms with E-state index in [0.717, 1.165) is 33.1 Å². The molecule has 4 aromatic rings. The van der Waals surface area contributed by atoms with Gasteiger partial charge in [0.25, 0.3) is 5.56 Å². The first-order valence-corrected chi connectivity index (χ1v) is 9.70. The summed E-state index contributed by atoms with van der Waals surface area (Å²) in [6, 6.07) is 13.6. The number of aromatic nitrogens is 3. The topological polar surface area (TPSA) is 63.0 Å². The lowest BCUT2D eigenvalue weighted by Crippen LogP contribution is -2.22. The maximum Gasteiger partial charge on any atom is 0.282 e. The van der Waals surface area contributed by atoms with Crippen molar-refractivity contribution in [3.63, 3.8) is 0 Å². The molecular formula is C21H19BrN4O. The fourth-order valence-corrected chi connectivity index (χ4v) is 3.64. The molecule has 0 fully saturated rings. The highest BCUT2D eigenvalue weighted by Crippen LogP contribution is 2.20. The molecule has 0 amide bonds. The zero-order valence-corrected chi connectivity index (χ0v) is 16.7. The Morgan fingerprint density at radius 3 is 2.85 bits per heavy atom. The molecule has 2 aromatic carbocycles. The number of fused-ring (bicyclic) bond motifs is 2. The Bertz CT molecular complexity index is 1240. The van der Waals surface area contributed by atoms with Crippen LogP contribution in [0, 0.1) is 6.92 Å². The predicted molar refractivity (Wildman–Crippen MR) is 114 cm³/mol. The third kappa shape index (κ3) is 3.21. The maximum atomic E-state index is 13.1. The third-order valence-corrected chi connectivity index (χ3v) is 5.09. The van der Waals surface area contributed by atoms with Crippen molar-refractivity contribution in [2.24, 2.45) is 5.10 Å². The van der Waals surface area contributed by atoms with Crippen molar-refractivity contribution < 1.29 is 0 Å². The quantitative estimate of drug-likeness (QED) is 0.480. The molecule has 0 bridgehead atoms. The van der Waals surface area contributed by atoms with E-state index in [0.29, 0.717) is 23.1 Å². The highest BCUT2D eigenvalue weighted by molar-refractivity contribution is 9.10. The van der Waals surface area contributed by atoms with E-state index in [1.54, 1.807) is 12.3 Å². The second-order valence-electron chi connectivity index (χ2n) is 6.51. The van der Waals surface area contributed by atoms with Crippen molar-refractivity contribution >= 4 is 44.0 Å². The van der Waals surface area contributed by atoms with Gasteiger partial charge in [-0.1, -0.05) is 41.1 Å². The van der Waals surface area contributed by atoms with Crippen LogP contribution in [0.2, 0.25) is 0 Å². The number of hydrogen-bond acceptors (Lipinski definition) is 3. The lowest BCUT2D eigenvalue weighted by molar-refractivity contribution is 0.704. The van der Waals surface area contributed by atoms with Crippen molar-refractivity contribution in [1.29, 1.82) is 0 Å². The number of nitrogens with zero attached hydrogens (tertiary/aromatic N) is 3. The maximum absolute atomic E-state index is 13.1. The molecule has 0 saturated carbocycles. The van der Waals surface area contributed by atoms with Gasteiger partial charge in [0, 0.05) is 33.1 Å². The van der Waals surface area contributed by atoms with Gasteiger partial charge in [0.2, 0.25) is 0 Å². The number of nitrogens with one attached hydrogen (secondary N) is 1. The van der Waals surface area contributed by atoms with Gasteiger partial charge in [-0.05, 0) is 37.6 Å². The predicted octanol–water partition coefficient (Wildman–Crippen LogP) is 4.78. The molecule has 27 heavy (non-hydrogen) atoms. The zero-order chi connectivity index (χ0) is 19.0. The molecule has 2 aromatic heterocycles. The van der Waals surface area contributed by atoms with Crippen LogP contribution in [0.1, 0.15) is 30.4 Å². The molecule has 5 nitrogen and oxygen atoms in total. The molecule has 0 aliphatic carbocycles. The van der Waals surface area contributed by atoms with E-state index in [1.807, 2.05) is 43.3 Å². The highest BCUT2D eigenvalue weighted by atomic mass is 79.9. The molecule has 1 N–H and O–H groups in total. The number of para-hydroxylation sites is 1. The number of hydrogen-bond donors (Lipinski definition) is 1. The second-order valence-corrected chi connectivity index (χ2v) is 7.43. The Balaban J connectivity index is 1.90. The Morgan fingerprint density at radius 1 is 1.22 bits per heavy atom. The van der Waals surface area contributed by atoms with E-state index in [9.17, 15) is 4.79 Å².